The summed E-state index contributed by atoms with van der Waals surface area (Å²) < 4.78 is 47.7. The molecular formula is C19H16ClFN4O3S2. The van der Waals surface area contributed by atoms with E-state index in [4.69, 9.17) is 16.3 Å². The summed E-state index contributed by atoms with van der Waals surface area (Å²) >= 11 is 7.33. The van der Waals surface area contributed by atoms with Crippen LogP contribution in [0.25, 0.3) is 16.3 Å². The zero-order chi connectivity index (χ0) is 21.3. The lowest BCUT2D eigenvalue weighted by molar-refractivity contribution is 0.385. The molecule has 0 unspecified atom stereocenters. The van der Waals surface area contributed by atoms with Gasteiger partial charge in [0.25, 0.3) is 0 Å². The number of hydrogen-bond acceptors (Lipinski definition) is 6. The van der Waals surface area contributed by atoms with Crippen LogP contribution in [0.2, 0.25) is 5.02 Å². The van der Waals surface area contributed by atoms with Gasteiger partial charge in [-0.25, -0.2) is 22.0 Å². The zero-order valence-electron chi connectivity index (χ0n) is 15.7. The average Bonchev–Trinajstić information content (AvgIpc) is 3.30. The molecule has 0 saturated carbocycles. The molecule has 2 aromatic heterocycles. The normalized spacial score (nSPS) is 11.8. The van der Waals surface area contributed by atoms with E-state index in [0.29, 0.717) is 22.2 Å². The molecule has 0 spiro atoms. The Balaban J connectivity index is 1.47. The number of benzene rings is 2. The number of nitrogens with zero attached hydrogens (tertiary/aromatic N) is 3. The van der Waals surface area contributed by atoms with E-state index in [1.165, 1.54) is 30.6 Å². The summed E-state index contributed by atoms with van der Waals surface area (Å²) in [6, 6.07) is 10.7. The van der Waals surface area contributed by atoms with Gasteiger partial charge in [0.05, 0.1) is 17.7 Å². The zero-order valence-corrected chi connectivity index (χ0v) is 18.1. The van der Waals surface area contributed by atoms with Crippen molar-refractivity contribution in [3.63, 3.8) is 0 Å². The molecule has 0 radical (unpaired) electrons. The van der Waals surface area contributed by atoms with Gasteiger partial charge in [-0.2, -0.15) is 4.98 Å². The lowest BCUT2D eigenvalue weighted by Crippen LogP contribution is -2.26. The second-order valence-corrected chi connectivity index (χ2v) is 9.35. The van der Waals surface area contributed by atoms with Gasteiger partial charge in [-0.05, 0) is 42.5 Å². The molecule has 30 heavy (non-hydrogen) atoms. The number of halogens is 2. The molecular weight excluding hydrogens is 451 g/mol. The number of rotatable bonds is 7. The van der Waals surface area contributed by atoms with Crippen molar-refractivity contribution in [1.82, 2.24) is 19.3 Å². The quantitative estimate of drug-likeness (QED) is 0.448. The first-order valence-corrected chi connectivity index (χ1v) is 11.5. The van der Waals surface area contributed by atoms with Crippen LogP contribution in [-0.4, -0.2) is 36.7 Å². The third-order valence-electron chi connectivity index (χ3n) is 4.36. The molecule has 0 aliphatic carbocycles. The molecule has 0 bridgehead atoms. The van der Waals surface area contributed by atoms with E-state index >= 15 is 0 Å². The number of hydrogen-bond donors (Lipinski definition) is 1. The van der Waals surface area contributed by atoms with Gasteiger partial charge in [-0.1, -0.05) is 11.6 Å². The standard InChI is InChI=1S/C19H16ClFN4O3S2/c1-28-17-7-6-15(10-16(17)21)30(26,27)22-9-8-14-11-29-19-23-18(24-25(14)19)12-2-4-13(20)5-3-12/h2-7,10-11,22H,8-9H2,1H3. The molecule has 2 heterocycles. The molecule has 0 aliphatic heterocycles. The van der Waals surface area contributed by atoms with Crippen molar-refractivity contribution in [1.29, 1.82) is 0 Å². The third-order valence-corrected chi connectivity index (χ3v) is 6.93. The molecule has 0 fully saturated rings. The van der Waals surface area contributed by atoms with Crippen molar-refractivity contribution in [3.8, 4) is 17.1 Å². The largest absolute Gasteiger partial charge is 0.494 e. The number of methoxy groups -OCH3 is 1. The number of sulfonamides is 1. The summed E-state index contributed by atoms with van der Waals surface area (Å²) in [5.41, 5.74) is 1.65. The molecule has 0 saturated heterocycles. The molecule has 4 rings (SSSR count). The second-order valence-electron chi connectivity index (χ2n) is 6.31. The minimum Gasteiger partial charge on any atom is -0.494 e. The highest BCUT2D eigenvalue weighted by atomic mass is 35.5. The predicted molar refractivity (Wildman–Crippen MR) is 113 cm³/mol. The van der Waals surface area contributed by atoms with Crippen LogP contribution < -0.4 is 9.46 Å². The minimum absolute atomic E-state index is 0.0164. The highest BCUT2D eigenvalue weighted by Gasteiger charge is 2.17. The van der Waals surface area contributed by atoms with Crippen molar-refractivity contribution in [2.24, 2.45) is 0 Å². The molecule has 11 heteroatoms. The lowest BCUT2D eigenvalue weighted by Gasteiger charge is -2.08. The SMILES string of the molecule is COc1ccc(S(=O)(=O)NCCc2csc3nc(-c4ccc(Cl)cc4)nn23)cc1F. The van der Waals surface area contributed by atoms with Gasteiger partial charge < -0.3 is 4.74 Å². The summed E-state index contributed by atoms with van der Waals surface area (Å²) in [5.74, 6) is -0.191. The van der Waals surface area contributed by atoms with E-state index in [1.807, 2.05) is 17.5 Å². The highest BCUT2D eigenvalue weighted by Crippen LogP contribution is 2.23. The first-order chi connectivity index (χ1) is 14.4. The van der Waals surface area contributed by atoms with Crippen molar-refractivity contribution in [3.05, 3.63) is 64.4 Å². The highest BCUT2D eigenvalue weighted by molar-refractivity contribution is 7.89. The maximum absolute atomic E-state index is 13.8. The van der Waals surface area contributed by atoms with Gasteiger partial charge in [-0.15, -0.1) is 16.4 Å². The fourth-order valence-electron chi connectivity index (χ4n) is 2.83. The van der Waals surface area contributed by atoms with Gasteiger partial charge in [0.1, 0.15) is 0 Å². The predicted octanol–water partition coefficient (Wildman–Crippen LogP) is 3.78. The Bertz CT molecular complexity index is 1300. The van der Waals surface area contributed by atoms with Gasteiger partial charge >= 0.3 is 0 Å². The maximum atomic E-state index is 13.8. The molecule has 0 amide bonds. The minimum atomic E-state index is -3.86. The summed E-state index contributed by atoms with van der Waals surface area (Å²) in [6.07, 6.45) is 0.390. The summed E-state index contributed by atoms with van der Waals surface area (Å²) in [6.45, 7) is 0.123. The summed E-state index contributed by atoms with van der Waals surface area (Å²) in [5, 5.41) is 7.02. The molecule has 156 valence electrons. The Hall–Kier alpha value is -2.53. The maximum Gasteiger partial charge on any atom is 0.240 e. The molecule has 0 atom stereocenters. The third kappa shape index (κ3) is 4.17. The molecule has 2 aromatic carbocycles. The average molecular weight is 467 g/mol. The van der Waals surface area contributed by atoms with Gasteiger partial charge in [-0.3, -0.25) is 0 Å². The van der Waals surface area contributed by atoms with E-state index in [2.05, 4.69) is 14.8 Å². The van der Waals surface area contributed by atoms with Gasteiger partial charge in [0.15, 0.2) is 17.4 Å². The van der Waals surface area contributed by atoms with E-state index in [-0.39, 0.29) is 17.2 Å². The summed E-state index contributed by atoms with van der Waals surface area (Å²) in [4.78, 5) is 5.04. The van der Waals surface area contributed by atoms with Gasteiger partial charge in [0, 0.05) is 28.9 Å². The Morgan fingerprint density at radius 1 is 1.23 bits per heavy atom. The Morgan fingerprint density at radius 3 is 2.70 bits per heavy atom. The molecule has 1 N–H and O–H groups in total. The van der Waals surface area contributed by atoms with Crippen LogP contribution in [0.5, 0.6) is 5.75 Å². The van der Waals surface area contributed by atoms with Crippen LogP contribution in [0.4, 0.5) is 4.39 Å². The van der Waals surface area contributed by atoms with Crippen molar-refractivity contribution in [2.45, 2.75) is 11.3 Å². The number of nitrogens with one attached hydrogen (secondary N) is 1. The van der Waals surface area contributed by atoms with Crippen molar-refractivity contribution in [2.75, 3.05) is 13.7 Å². The van der Waals surface area contributed by atoms with Crippen LogP contribution in [0.3, 0.4) is 0 Å². The molecule has 7 nitrogen and oxygen atoms in total. The fourth-order valence-corrected chi connectivity index (χ4v) is 4.85. The smallest absolute Gasteiger partial charge is 0.240 e. The first kappa shape index (κ1) is 20.7. The van der Waals surface area contributed by atoms with Crippen molar-refractivity contribution >= 4 is 37.9 Å². The molecule has 0 aliphatic rings. The van der Waals surface area contributed by atoms with Crippen LogP contribution in [0, 0.1) is 5.82 Å². The Labute approximate surface area is 181 Å². The van der Waals surface area contributed by atoms with Crippen molar-refractivity contribution < 1.29 is 17.5 Å². The van der Waals surface area contributed by atoms with E-state index in [1.54, 1.807) is 16.6 Å². The van der Waals surface area contributed by atoms with E-state index in [0.717, 1.165) is 17.3 Å². The second kappa shape index (κ2) is 8.31. The number of ether oxygens (including phenoxy) is 1. The van der Waals surface area contributed by atoms with E-state index in [9.17, 15) is 12.8 Å². The van der Waals surface area contributed by atoms with Crippen LogP contribution in [-0.2, 0) is 16.4 Å². The number of aromatic nitrogens is 3. The monoisotopic (exact) mass is 466 g/mol. The number of thiazole rings is 1. The van der Waals surface area contributed by atoms with E-state index < -0.39 is 15.8 Å². The van der Waals surface area contributed by atoms with Gasteiger partial charge in [0.2, 0.25) is 15.0 Å². The van der Waals surface area contributed by atoms with Crippen LogP contribution in [0.1, 0.15) is 5.69 Å². The molecule has 4 aromatic rings. The van der Waals surface area contributed by atoms with Crippen LogP contribution in [0.15, 0.2) is 52.7 Å². The fraction of sp³-hybridized carbons (Fsp3) is 0.158. The number of fused-ring (bicyclic) bond motifs is 1. The topological polar surface area (TPSA) is 85.6 Å². The lowest BCUT2D eigenvalue weighted by atomic mass is 10.2. The first-order valence-electron chi connectivity index (χ1n) is 8.79. The van der Waals surface area contributed by atoms with Crippen LogP contribution >= 0.6 is 22.9 Å². The summed E-state index contributed by atoms with van der Waals surface area (Å²) in [7, 11) is -2.54. The Morgan fingerprint density at radius 2 is 2.00 bits per heavy atom. The Kier molecular flexibility index (Phi) is 5.74.